The monoisotopic (exact) mass is 394 g/mol. The number of para-hydroxylation sites is 1. The zero-order valence-corrected chi connectivity index (χ0v) is 16.4. The number of nitrogens with one attached hydrogen (secondary N) is 1. The predicted octanol–water partition coefficient (Wildman–Crippen LogP) is 2.31. The molecule has 9 heteroatoms. The fourth-order valence-corrected chi connectivity index (χ4v) is 3.01. The fraction of sp³-hybridized carbons (Fsp3) is 0.350. The minimum Gasteiger partial charge on any atom is -0.450 e. The predicted molar refractivity (Wildman–Crippen MR) is 106 cm³/mol. The molecule has 29 heavy (non-hydrogen) atoms. The number of hydrogen-bond donors (Lipinski definition) is 1. The average molecular weight is 394 g/mol. The summed E-state index contributed by atoms with van der Waals surface area (Å²) in [5, 5.41) is 12.2. The number of nitriles is 1. The van der Waals surface area contributed by atoms with E-state index < -0.39 is 0 Å². The molecule has 1 fully saturated rings. The number of benzene rings is 1. The van der Waals surface area contributed by atoms with Gasteiger partial charge in [-0.2, -0.15) is 5.26 Å². The van der Waals surface area contributed by atoms with E-state index in [9.17, 15) is 14.9 Å². The number of aryl methyl sites for hydroxylation is 1. The molecular weight excluding hydrogens is 372 g/mol. The lowest BCUT2D eigenvalue weighted by molar-refractivity contribution is 0.0566. The molecule has 0 unspecified atom stereocenters. The van der Waals surface area contributed by atoms with Gasteiger partial charge < -0.3 is 19.9 Å². The number of carbonyl (C=O) groups is 2. The molecule has 2 heterocycles. The summed E-state index contributed by atoms with van der Waals surface area (Å²) in [7, 11) is 0. The Hall–Kier alpha value is -3.67. The van der Waals surface area contributed by atoms with Gasteiger partial charge in [-0.15, -0.1) is 0 Å². The molecule has 1 N–H and O–H groups in total. The smallest absolute Gasteiger partial charge is 0.409 e. The Balaban J connectivity index is 1.72. The Kier molecular flexibility index (Phi) is 6.24. The fourth-order valence-electron chi connectivity index (χ4n) is 3.01. The van der Waals surface area contributed by atoms with Crippen molar-refractivity contribution in [2.45, 2.75) is 13.8 Å². The summed E-state index contributed by atoms with van der Waals surface area (Å²) in [5.74, 6) is 0.0248. The summed E-state index contributed by atoms with van der Waals surface area (Å²) >= 11 is 0. The summed E-state index contributed by atoms with van der Waals surface area (Å²) < 4.78 is 5.00. The van der Waals surface area contributed by atoms with Crippen LogP contribution in [0.5, 0.6) is 0 Å². The Morgan fingerprint density at radius 2 is 1.86 bits per heavy atom. The van der Waals surface area contributed by atoms with Crippen LogP contribution in [-0.2, 0) is 4.74 Å². The number of nitrogens with zero attached hydrogens (tertiary/aromatic N) is 5. The highest BCUT2D eigenvalue weighted by atomic mass is 16.6. The quantitative estimate of drug-likeness (QED) is 0.847. The standard InChI is InChI=1S/C20H22N6O3/c1-3-29-20(28)26-10-8-25(9-11-26)18(27)17-12-14(2)22-19(24-17)23-16-7-5-4-6-15(16)13-21/h4-7,12H,3,8-11H2,1-2H3,(H,22,23,24). The van der Waals surface area contributed by atoms with E-state index in [0.29, 0.717) is 49.7 Å². The van der Waals surface area contributed by atoms with E-state index >= 15 is 0 Å². The van der Waals surface area contributed by atoms with Gasteiger partial charge in [0.15, 0.2) is 0 Å². The lowest BCUT2D eigenvalue weighted by Crippen LogP contribution is -2.50. The van der Waals surface area contributed by atoms with Crippen LogP contribution < -0.4 is 5.32 Å². The minimum atomic E-state index is -0.361. The number of aromatic nitrogens is 2. The Morgan fingerprint density at radius 1 is 1.17 bits per heavy atom. The molecule has 1 aromatic heterocycles. The molecule has 150 valence electrons. The first-order valence-electron chi connectivity index (χ1n) is 9.34. The summed E-state index contributed by atoms with van der Waals surface area (Å²) in [5.41, 5.74) is 1.92. The Labute approximate surface area is 168 Å². The molecule has 2 aromatic rings. The second-order valence-corrected chi connectivity index (χ2v) is 6.48. The van der Waals surface area contributed by atoms with Crippen molar-refractivity contribution in [3.63, 3.8) is 0 Å². The number of piperazine rings is 1. The van der Waals surface area contributed by atoms with E-state index in [1.165, 1.54) is 0 Å². The number of carbonyl (C=O) groups excluding carboxylic acids is 2. The lowest BCUT2D eigenvalue weighted by Gasteiger charge is -2.33. The topological polar surface area (TPSA) is 111 Å². The van der Waals surface area contributed by atoms with E-state index in [1.807, 2.05) is 0 Å². The molecule has 0 aliphatic carbocycles. The van der Waals surface area contributed by atoms with Crippen molar-refractivity contribution >= 4 is 23.6 Å². The highest BCUT2D eigenvalue weighted by molar-refractivity contribution is 5.93. The van der Waals surface area contributed by atoms with Gasteiger partial charge in [0.1, 0.15) is 11.8 Å². The van der Waals surface area contributed by atoms with Crippen molar-refractivity contribution in [1.29, 1.82) is 5.26 Å². The summed E-state index contributed by atoms with van der Waals surface area (Å²) in [6.45, 7) is 5.49. The third-order valence-corrected chi connectivity index (χ3v) is 4.46. The van der Waals surface area contributed by atoms with E-state index in [1.54, 1.807) is 54.0 Å². The molecule has 1 aliphatic rings. The summed E-state index contributed by atoms with van der Waals surface area (Å²) in [6, 6.07) is 10.7. The number of hydrogen-bond acceptors (Lipinski definition) is 7. The van der Waals surface area contributed by atoms with Gasteiger partial charge in [0.25, 0.3) is 5.91 Å². The lowest BCUT2D eigenvalue weighted by atomic mass is 10.2. The van der Waals surface area contributed by atoms with E-state index in [0.717, 1.165) is 0 Å². The molecule has 1 saturated heterocycles. The minimum absolute atomic E-state index is 0.226. The maximum atomic E-state index is 12.9. The summed E-state index contributed by atoms with van der Waals surface area (Å²) in [4.78, 5) is 36.6. The van der Waals surface area contributed by atoms with Crippen LogP contribution in [0, 0.1) is 18.3 Å². The van der Waals surface area contributed by atoms with E-state index in [-0.39, 0.29) is 23.6 Å². The number of rotatable bonds is 4. The molecule has 3 rings (SSSR count). The van der Waals surface area contributed by atoms with Gasteiger partial charge in [-0.25, -0.2) is 14.8 Å². The van der Waals surface area contributed by atoms with E-state index in [2.05, 4.69) is 21.4 Å². The molecule has 0 radical (unpaired) electrons. The van der Waals surface area contributed by atoms with Crippen molar-refractivity contribution in [1.82, 2.24) is 19.8 Å². The molecule has 0 saturated carbocycles. The van der Waals surface area contributed by atoms with Gasteiger partial charge in [-0.3, -0.25) is 4.79 Å². The first-order valence-corrected chi connectivity index (χ1v) is 9.34. The molecule has 0 spiro atoms. The van der Waals surface area contributed by atoms with Crippen LogP contribution in [0.3, 0.4) is 0 Å². The SMILES string of the molecule is CCOC(=O)N1CCN(C(=O)c2cc(C)nc(Nc3ccccc3C#N)n2)CC1. The zero-order chi connectivity index (χ0) is 20.8. The van der Waals surface area contributed by atoms with Gasteiger partial charge in [-0.1, -0.05) is 12.1 Å². The number of ether oxygens (including phenoxy) is 1. The molecule has 0 atom stereocenters. The molecule has 0 bridgehead atoms. The van der Waals surface area contributed by atoms with Crippen molar-refractivity contribution in [2.24, 2.45) is 0 Å². The van der Waals surface area contributed by atoms with Crippen molar-refractivity contribution in [3.05, 3.63) is 47.3 Å². The summed E-state index contributed by atoms with van der Waals surface area (Å²) in [6.07, 6.45) is -0.361. The van der Waals surface area contributed by atoms with Gasteiger partial charge in [-0.05, 0) is 32.0 Å². The number of anilines is 2. The molecule has 1 aromatic carbocycles. The highest BCUT2D eigenvalue weighted by Gasteiger charge is 2.26. The maximum Gasteiger partial charge on any atom is 0.409 e. The molecular formula is C20H22N6O3. The highest BCUT2D eigenvalue weighted by Crippen LogP contribution is 2.19. The van der Waals surface area contributed by atoms with Crippen molar-refractivity contribution in [2.75, 3.05) is 38.1 Å². The van der Waals surface area contributed by atoms with Gasteiger partial charge >= 0.3 is 6.09 Å². The average Bonchev–Trinajstić information content (AvgIpc) is 2.73. The van der Waals surface area contributed by atoms with Crippen LogP contribution >= 0.6 is 0 Å². The van der Waals surface area contributed by atoms with Crippen LogP contribution in [0.4, 0.5) is 16.4 Å². The number of amides is 2. The van der Waals surface area contributed by atoms with Gasteiger partial charge in [0.2, 0.25) is 5.95 Å². The van der Waals surface area contributed by atoms with Crippen LogP contribution in [0.1, 0.15) is 28.7 Å². The molecule has 2 amide bonds. The first kappa shape index (κ1) is 20.1. The normalized spacial score (nSPS) is 13.6. The first-order chi connectivity index (χ1) is 14.0. The van der Waals surface area contributed by atoms with Crippen LogP contribution in [0.25, 0.3) is 0 Å². The Morgan fingerprint density at radius 3 is 2.55 bits per heavy atom. The van der Waals surface area contributed by atoms with E-state index in [4.69, 9.17) is 4.74 Å². The zero-order valence-electron chi connectivity index (χ0n) is 16.4. The van der Waals surface area contributed by atoms with Gasteiger partial charge in [0.05, 0.1) is 17.9 Å². The third-order valence-electron chi connectivity index (χ3n) is 4.46. The van der Waals surface area contributed by atoms with Crippen LogP contribution in [0.15, 0.2) is 30.3 Å². The Bertz CT molecular complexity index is 947. The largest absolute Gasteiger partial charge is 0.450 e. The van der Waals surface area contributed by atoms with Crippen molar-refractivity contribution < 1.29 is 14.3 Å². The third kappa shape index (κ3) is 4.79. The molecule has 9 nitrogen and oxygen atoms in total. The molecule has 1 aliphatic heterocycles. The van der Waals surface area contributed by atoms with Crippen molar-refractivity contribution in [3.8, 4) is 6.07 Å². The van der Waals surface area contributed by atoms with Crippen LogP contribution in [0.2, 0.25) is 0 Å². The van der Waals surface area contributed by atoms with Crippen LogP contribution in [-0.4, -0.2) is 64.6 Å². The second-order valence-electron chi connectivity index (χ2n) is 6.48. The second kappa shape index (κ2) is 9.01. The maximum absolute atomic E-state index is 12.9. The van der Waals surface area contributed by atoms with Gasteiger partial charge in [0, 0.05) is 31.9 Å².